The van der Waals surface area contributed by atoms with Crippen LogP contribution in [0.4, 0.5) is 0 Å². The fourth-order valence-electron chi connectivity index (χ4n) is 2.36. The van der Waals surface area contributed by atoms with Crippen molar-refractivity contribution in [2.45, 2.75) is 55.3 Å². The van der Waals surface area contributed by atoms with E-state index in [1.165, 1.54) is 0 Å². The molecule has 1 aliphatic heterocycles. The maximum Gasteiger partial charge on any atom is 0.339 e. The summed E-state index contributed by atoms with van der Waals surface area (Å²) in [6, 6.07) is 0. The topological polar surface area (TPSA) is 148 Å². The Kier molecular flexibility index (Phi) is 8.94. The van der Waals surface area contributed by atoms with Crippen molar-refractivity contribution < 1.29 is 47.6 Å². The molecule has 1 rings (SSSR count). The lowest BCUT2D eigenvalue weighted by molar-refractivity contribution is -0.285. The van der Waals surface area contributed by atoms with E-state index in [9.17, 15) is 19.2 Å². The van der Waals surface area contributed by atoms with Crippen molar-refractivity contribution in [3.8, 4) is 0 Å². The van der Waals surface area contributed by atoms with Gasteiger partial charge in [0, 0.05) is 20.8 Å². The van der Waals surface area contributed by atoms with Crippen molar-refractivity contribution in [1.82, 2.24) is 0 Å². The Morgan fingerprint density at radius 2 is 1.28 bits per heavy atom. The largest absolute Gasteiger partial charge is 0.467 e. The minimum atomic E-state index is -2.32. The third kappa shape index (κ3) is 7.18. The van der Waals surface area contributed by atoms with Gasteiger partial charge in [0.1, 0.15) is 0 Å². The number of carbonyl (C=O) groups is 4. The molecule has 0 amide bonds. The van der Waals surface area contributed by atoms with Gasteiger partial charge in [-0.05, 0) is 0 Å². The number of carbonyl (C=O) groups excluding carboxylic acids is 4. The molecule has 0 aromatic heterocycles. The van der Waals surface area contributed by atoms with Crippen LogP contribution in [0.2, 0.25) is 0 Å². The van der Waals surface area contributed by atoms with E-state index in [4.69, 9.17) is 63.9 Å². The molecule has 1 aliphatic rings. The Morgan fingerprint density at radius 1 is 0.828 bits per heavy atom. The molecule has 0 saturated carbocycles. The number of methoxy groups -OCH3 is 1. The number of nitrogens with one attached hydrogen (secondary N) is 1. The van der Waals surface area contributed by atoms with Crippen molar-refractivity contribution in [3.63, 3.8) is 0 Å². The number of esters is 4. The van der Waals surface area contributed by atoms with Crippen LogP contribution in [-0.4, -0.2) is 71.4 Å². The molecule has 14 heteroatoms. The second-order valence-electron chi connectivity index (χ2n) is 5.62. The van der Waals surface area contributed by atoms with Gasteiger partial charge < -0.3 is 28.4 Å². The summed E-state index contributed by atoms with van der Waals surface area (Å²) in [6.45, 7) is 3.08. The SMILES string of the molecule is COC(=O)[C@H]1O[C@@H](OC(=N)C(Cl)(Cl)Cl)[C@H](OC(C)=O)[C@@H](OC(C)=O)[C@@H]1OC(C)=O. The van der Waals surface area contributed by atoms with Crippen LogP contribution in [0.3, 0.4) is 0 Å². The van der Waals surface area contributed by atoms with Crippen molar-refractivity contribution in [2.75, 3.05) is 7.11 Å². The van der Waals surface area contributed by atoms with Crippen LogP contribution < -0.4 is 0 Å². The first-order valence-electron chi connectivity index (χ1n) is 7.85. The zero-order valence-electron chi connectivity index (χ0n) is 15.6. The van der Waals surface area contributed by atoms with E-state index in [0.29, 0.717) is 0 Å². The molecule has 1 fully saturated rings. The summed E-state index contributed by atoms with van der Waals surface area (Å²) in [5.74, 6) is -4.59. The second kappa shape index (κ2) is 10.3. The summed E-state index contributed by atoms with van der Waals surface area (Å²) in [5.41, 5.74) is 0. The molecule has 0 aliphatic carbocycles. The molecule has 0 unspecified atom stereocenters. The van der Waals surface area contributed by atoms with Gasteiger partial charge in [-0.15, -0.1) is 0 Å². The Hall–Kier alpha value is -1.82. The third-order valence-electron chi connectivity index (χ3n) is 3.33. The first-order valence-corrected chi connectivity index (χ1v) is 8.98. The number of rotatable bonds is 5. The van der Waals surface area contributed by atoms with E-state index in [1.54, 1.807) is 0 Å². The minimum absolute atomic E-state index is 0.861. The summed E-state index contributed by atoms with van der Waals surface area (Å²) < 4.78 is 28.0. The van der Waals surface area contributed by atoms with Crippen LogP contribution >= 0.6 is 34.8 Å². The van der Waals surface area contributed by atoms with Crippen LogP contribution in [0.5, 0.6) is 0 Å². The third-order valence-corrected chi connectivity index (χ3v) is 3.84. The summed E-state index contributed by atoms with van der Waals surface area (Å²) in [4.78, 5) is 46.9. The first-order chi connectivity index (χ1) is 13.3. The van der Waals surface area contributed by atoms with Gasteiger partial charge in [0.2, 0.25) is 18.3 Å². The molecule has 5 atom stereocenters. The normalized spacial score (nSPS) is 26.7. The lowest BCUT2D eigenvalue weighted by atomic mass is 9.97. The molecule has 11 nitrogen and oxygen atoms in total. The van der Waals surface area contributed by atoms with E-state index >= 15 is 0 Å². The summed E-state index contributed by atoms with van der Waals surface area (Å²) >= 11 is 16.7. The predicted octanol–water partition coefficient (Wildman–Crippen LogP) is 1.04. The highest BCUT2D eigenvalue weighted by atomic mass is 35.6. The standard InChI is InChI=1S/C15H18Cl3NO10/c1-5(20)25-8-9(26-6(2)21)11(27-7(3)22)13(28-10(8)12(23)24-4)29-14(19)15(16,17)18/h8-11,13,19H,1-4H3/t8-,9-,10-,11+,13-/m0/s1. The average Bonchev–Trinajstić information content (AvgIpc) is 2.56. The Balaban J connectivity index is 3.44. The number of hydrogen-bond donors (Lipinski definition) is 1. The van der Waals surface area contributed by atoms with Crippen LogP contribution in [0.1, 0.15) is 20.8 Å². The molecule has 1 saturated heterocycles. The van der Waals surface area contributed by atoms with Gasteiger partial charge >= 0.3 is 23.9 Å². The van der Waals surface area contributed by atoms with Crippen molar-refractivity contribution in [1.29, 1.82) is 5.41 Å². The first kappa shape index (κ1) is 25.2. The quantitative estimate of drug-likeness (QED) is 0.200. The van der Waals surface area contributed by atoms with Gasteiger partial charge in [0.05, 0.1) is 7.11 Å². The van der Waals surface area contributed by atoms with E-state index < -0.39 is 64.3 Å². The Morgan fingerprint density at radius 3 is 1.69 bits per heavy atom. The zero-order valence-corrected chi connectivity index (χ0v) is 17.9. The second-order valence-corrected chi connectivity index (χ2v) is 7.90. The molecule has 0 spiro atoms. The highest BCUT2D eigenvalue weighted by molar-refractivity contribution is 6.76. The molecule has 0 bridgehead atoms. The number of alkyl halides is 3. The van der Waals surface area contributed by atoms with Crippen LogP contribution in [0.25, 0.3) is 0 Å². The number of halogens is 3. The van der Waals surface area contributed by atoms with Crippen LogP contribution in [0.15, 0.2) is 0 Å². The van der Waals surface area contributed by atoms with Gasteiger partial charge in [-0.2, -0.15) is 0 Å². The lowest BCUT2D eigenvalue weighted by Crippen LogP contribution is -2.64. The molecule has 164 valence electrons. The molecule has 1 N–H and O–H groups in total. The molecular formula is C15H18Cl3NO10. The van der Waals surface area contributed by atoms with Gasteiger partial charge in [-0.3, -0.25) is 19.8 Å². The van der Waals surface area contributed by atoms with E-state index in [1.807, 2.05) is 0 Å². The van der Waals surface area contributed by atoms with Gasteiger partial charge in [-0.25, -0.2) is 4.79 Å². The summed E-state index contributed by atoms with van der Waals surface area (Å²) in [6.07, 6.45) is -8.20. The maximum absolute atomic E-state index is 12.2. The molecule has 0 aromatic carbocycles. The Labute approximate surface area is 180 Å². The number of ether oxygens (including phenoxy) is 6. The summed E-state index contributed by atoms with van der Waals surface area (Å²) in [7, 11) is 1.02. The van der Waals surface area contributed by atoms with E-state index in [0.717, 1.165) is 27.9 Å². The van der Waals surface area contributed by atoms with Gasteiger partial charge in [0.15, 0.2) is 18.3 Å². The molecular weight excluding hydrogens is 461 g/mol. The van der Waals surface area contributed by atoms with Crippen molar-refractivity contribution >= 4 is 64.6 Å². The van der Waals surface area contributed by atoms with Crippen LogP contribution in [0, 0.1) is 5.41 Å². The highest BCUT2D eigenvalue weighted by Crippen LogP contribution is 2.33. The Bertz CT molecular complexity index is 680. The van der Waals surface area contributed by atoms with Crippen LogP contribution in [-0.2, 0) is 47.6 Å². The smallest absolute Gasteiger partial charge is 0.339 e. The molecule has 1 heterocycles. The monoisotopic (exact) mass is 477 g/mol. The number of hydrogen-bond acceptors (Lipinski definition) is 11. The molecule has 29 heavy (non-hydrogen) atoms. The van der Waals surface area contributed by atoms with Crippen molar-refractivity contribution in [3.05, 3.63) is 0 Å². The highest BCUT2D eigenvalue weighted by Gasteiger charge is 2.56. The van der Waals surface area contributed by atoms with Gasteiger partial charge in [-0.1, -0.05) is 34.8 Å². The summed E-state index contributed by atoms with van der Waals surface area (Å²) in [5, 5.41) is 7.69. The molecule has 0 radical (unpaired) electrons. The van der Waals surface area contributed by atoms with E-state index in [-0.39, 0.29) is 0 Å². The minimum Gasteiger partial charge on any atom is -0.467 e. The average molecular weight is 479 g/mol. The molecule has 0 aromatic rings. The van der Waals surface area contributed by atoms with E-state index in [2.05, 4.69) is 4.74 Å². The van der Waals surface area contributed by atoms with Crippen molar-refractivity contribution in [2.24, 2.45) is 0 Å². The maximum atomic E-state index is 12.2. The fraction of sp³-hybridized carbons (Fsp3) is 0.667. The zero-order chi connectivity index (χ0) is 22.5. The predicted molar refractivity (Wildman–Crippen MR) is 96.4 cm³/mol. The lowest BCUT2D eigenvalue weighted by Gasteiger charge is -2.43. The van der Waals surface area contributed by atoms with Gasteiger partial charge in [0.25, 0.3) is 3.79 Å². The fourth-order valence-corrected chi connectivity index (χ4v) is 2.49.